The van der Waals surface area contributed by atoms with Crippen LogP contribution in [0.25, 0.3) is 0 Å². The molecule has 5 nitrogen and oxygen atoms in total. The predicted octanol–water partition coefficient (Wildman–Crippen LogP) is 0.0832. The molecule has 1 amide bonds. The third kappa shape index (κ3) is 5.72. The molecule has 0 saturated heterocycles. The van der Waals surface area contributed by atoms with Crippen LogP contribution in [-0.4, -0.2) is 56.0 Å². The zero-order valence-corrected chi connectivity index (χ0v) is 9.69. The standard InChI is InChI=1S/C10H18N2O3/c1-5-12(7-6-10(14)15-4)8-9(13)11(2)3/h6-7H,5,8H2,1-4H3. The van der Waals surface area contributed by atoms with E-state index in [9.17, 15) is 9.59 Å². The average molecular weight is 214 g/mol. The molecule has 0 spiro atoms. The summed E-state index contributed by atoms with van der Waals surface area (Å²) in [6, 6.07) is 0. The number of rotatable bonds is 5. The first-order valence-electron chi connectivity index (χ1n) is 4.71. The number of nitrogens with zero attached hydrogens (tertiary/aromatic N) is 2. The number of methoxy groups -OCH3 is 1. The minimum Gasteiger partial charge on any atom is -0.466 e. The Hall–Kier alpha value is -1.52. The Bertz CT molecular complexity index is 249. The smallest absolute Gasteiger partial charge is 0.331 e. The Balaban J connectivity index is 4.20. The van der Waals surface area contributed by atoms with Crippen LogP contribution in [0, 0.1) is 0 Å². The number of esters is 1. The van der Waals surface area contributed by atoms with Gasteiger partial charge in [0, 0.05) is 32.9 Å². The van der Waals surface area contributed by atoms with Crippen molar-refractivity contribution < 1.29 is 14.3 Å². The van der Waals surface area contributed by atoms with Crippen molar-refractivity contribution in [2.24, 2.45) is 0 Å². The van der Waals surface area contributed by atoms with Crippen LogP contribution in [0.1, 0.15) is 6.92 Å². The fourth-order valence-electron chi connectivity index (χ4n) is 0.819. The Morgan fingerprint density at radius 2 is 1.93 bits per heavy atom. The normalized spacial score (nSPS) is 10.1. The minimum atomic E-state index is -0.425. The van der Waals surface area contributed by atoms with Gasteiger partial charge in [-0.15, -0.1) is 0 Å². The molecular weight excluding hydrogens is 196 g/mol. The Morgan fingerprint density at radius 3 is 2.33 bits per heavy atom. The summed E-state index contributed by atoms with van der Waals surface area (Å²) < 4.78 is 4.45. The van der Waals surface area contributed by atoms with Gasteiger partial charge in [0.05, 0.1) is 13.7 Å². The molecule has 0 aromatic heterocycles. The molecule has 0 radical (unpaired) electrons. The predicted molar refractivity (Wildman–Crippen MR) is 57.1 cm³/mol. The lowest BCUT2D eigenvalue weighted by molar-refractivity contribution is -0.135. The maximum absolute atomic E-state index is 11.4. The maximum atomic E-state index is 11.4. The quantitative estimate of drug-likeness (QED) is 0.480. The second-order valence-electron chi connectivity index (χ2n) is 3.19. The van der Waals surface area contributed by atoms with Gasteiger partial charge in [0.1, 0.15) is 0 Å². The number of amides is 1. The number of hydrogen-bond acceptors (Lipinski definition) is 4. The van der Waals surface area contributed by atoms with Crippen molar-refractivity contribution >= 4 is 11.9 Å². The zero-order chi connectivity index (χ0) is 11.8. The minimum absolute atomic E-state index is 0.00799. The molecule has 0 bridgehead atoms. The highest BCUT2D eigenvalue weighted by Gasteiger charge is 2.07. The molecule has 0 aliphatic carbocycles. The summed E-state index contributed by atoms with van der Waals surface area (Å²) in [6.45, 7) is 2.83. The van der Waals surface area contributed by atoms with Gasteiger partial charge in [0.2, 0.25) is 5.91 Å². The number of likely N-dealkylation sites (N-methyl/N-ethyl adjacent to an activating group) is 2. The number of carbonyl (C=O) groups is 2. The molecule has 15 heavy (non-hydrogen) atoms. The number of hydrogen-bond donors (Lipinski definition) is 0. The first kappa shape index (κ1) is 13.5. The van der Waals surface area contributed by atoms with Crippen LogP contribution in [0.3, 0.4) is 0 Å². The molecule has 0 saturated carbocycles. The van der Waals surface area contributed by atoms with Crippen molar-refractivity contribution in [2.75, 3.05) is 34.3 Å². The summed E-state index contributed by atoms with van der Waals surface area (Å²) in [5.74, 6) is -0.433. The van der Waals surface area contributed by atoms with Crippen molar-refractivity contribution in [2.45, 2.75) is 6.92 Å². The molecule has 0 N–H and O–H groups in total. The van der Waals surface area contributed by atoms with Crippen molar-refractivity contribution in [1.82, 2.24) is 9.80 Å². The van der Waals surface area contributed by atoms with Gasteiger partial charge in [-0.1, -0.05) is 0 Å². The lowest BCUT2D eigenvalue weighted by atomic mass is 10.4. The highest BCUT2D eigenvalue weighted by atomic mass is 16.5. The molecule has 0 aromatic rings. The first-order valence-corrected chi connectivity index (χ1v) is 4.71. The first-order chi connectivity index (χ1) is 7.01. The van der Waals surface area contributed by atoms with Crippen molar-refractivity contribution in [3.05, 3.63) is 12.3 Å². The average Bonchev–Trinajstić information content (AvgIpc) is 2.22. The lowest BCUT2D eigenvalue weighted by Gasteiger charge is -2.19. The van der Waals surface area contributed by atoms with Crippen LogP contribution in [0.15, 0.2) is 12.3 Å². The van der Waals surface area contributed by atoms with Crippen LogP contribution < -0.4 is 0 Å². The van der Waals surface area contributed by atoms with Crippen LogP contribution in [0.4, 0.5) is 0 Å². The SMILES string of the molecule is CCN(C=CC(=O)OC)CC(=O)N(C)C. The Labute approximate surface area is 90.3 Å². The molecule has 0 aliphatic rings. The van der Waals surface area contributed by atoms with Crippen LogP contribution in [0.2, 0.25) is 0 Å². The van der Waals surface area contributed by atoms with Gasteiger partial charge in [-0.3, -0.25) is 4.79 Å². The van der Waals surface area contributed by atoms with Crippen LogP contribution in [0.5, 0.6) is 0 Å². The van der Waals surface area contributed by atoms with Gasteiger partial charge in [-0.2, -0.15) is 0 Å². The maximum Gasteiger partial charge on any atom is 0.331 e. The Kier molecular flexibility index (Phi) is 6.17. The number of carbonyl (C=O) groups excluding carboxylic acids is 2. The molecule has 0 rings (SSSR count). The van der Waals surface area contributed by atoms with Crippen molar-refractivity contribution in [3.8, 4) is 0 Å². The third-order valence-electron chi connectivity index (χ3n) is 1.87. The molecule has 5 heteroatoms. The lowest BCUT2D eigenvalue weighted by Crippen LogP contribution is -2.33. The monoisotopic (exact) mass is 214 g/mol. The topological polar surface area (TPSA) is 49.9 Å². The van der Waals surface area contributed by atoms with E-state index in [4.69, 9.17) is 0 Å². The molecular formula is C10H18N2O3. The van der Waals surface area contributed by atoms with Crippen molar-refractivity contribution in [1.29, 1.82) is 0 Å². The summed E-state index contributed by atoms with van der Waals surface area (Å²) in [7, 11) is 4.70. The summed E-state index contributed by atoms with van der Waals surface area (Å²) in [5, 5.41) is 0. The summed E-state index contributed by atoms with van der Waals surface area (Å²) in [5.41, 5.74) is 0. The van der Waals surface area contributed by atoms with Gasteiger partial charge in [-0.05, 0) is 6.92 Å². The van der Waals surface area contributed by atoms with Gasteiger partial charge in [0.15, 0.2) is 0 Å². The summed E-state index contributed by atoms with van der Waals surface area (Å²) >= 11 is 0. The highest BCUT2D eigenvalue weighted by Crippen LogP contribution is 1.92. The molecule has 0 aliphatic heterocycles. The second kappa shape index (κ2) is 6.86. The molecule has 0 atom stereocenters. The van der Waals surface area contributed by atoms with E-state index in [2.05, 4.69) is 4.74 Å². The van der Waals surface area contributed by atoms with Gasteiger partial charge in [0.25, 0.3) is 0 Å². The molecule has 0 unspecified atom stereocenters. The van der Waals surface area contributed by atoms with Crippen LogP contribution >= 0.6 is 0 Å². The summed E-state index contributed by atoms with van der Waals surface area (Å²) in [4.78, 5) is 25.4. The van der Waals surface area contributed by atoms with E-state index >= 15 is 0 Å². The van der Waals surface area contributed by atoms with Gasteiger partial charge >= 0.3 is 5.97 Å². The fraction of sp³-hybridized carbons (Fsp3) is 0.600. The van der Waals surface area contributed by atoms with Crippen molar-refractivity contribution in [3.63, 3.8) is 0 Å². The second-order valence-corrected chi connectivity index (χ2v) is 3.19. The Morgan fingerprint density at radius 1 is 1.33 bits per heavy atom. The summed E-state index contributed by atoms with van der Waals surface area (Å²) in [6.07, 6.45) is 2.86. The van der Waals surface area contributed by atoms with Crippen LogP contribution in [-0.2, 0) is 14.3 Å². The molecule has 0 fully saturated rings. The van der Waals surface area contributed by atoms with E-state index in [1.54, 1.807) is 25.2 Å². The van der Waals surface area contributed by atoms with E-state index in [1.807, 2.05) is 6.92 Å². The van der Waals surface area contributed by atoms with E-state index < -0.39 is 5.97 Å². The zero-order valence-electron chi connectivity index (χ0n) is 9.69. The van der Waals surface area contributed by atoms with Gasteiger partial charge in [-0.25, -0.2) is 4.79 Å². The van der Waals surface area contributed by atoms with Gasteiger partial charge < -0.3 is 14.5 Å². The van der Waals surface area contributed by atoms with E-state index in [-0.39, 0.29) is 12.5 Å². The number of ether oxygens (including phenoxy) is 1. The van der Waals surface area contributed by atoms with E-state index in [0.717, 1.165) is 0 Å². The fourth-order valence-corrected chi connectivity index (χ4v) is 0.819. The van der Waals surface area contributed by atoms with E-state index in [0.29, 0.717) is 6.54 Å². The largest absolute Gasteiger partial charge is 0.466 e. The van der Waals surface area contributed by atoms with E-state index in [1.165, 1.54) is 18.1 Å². The highest BCUT2D eigenvalue weighted by molar-refractivity contribution is 5.82. The molecule has 0 heterocycles. The molecule has 86 valence electrons. The molecule has 0 aromatic carbocycles. The third-order valence-corrected chi connectivity index (χ3v) is 1.87.